The third-order valence-electron chi connectivity index (χ3n) is 3.63. The van der Waals surface area contributed by atoms with E-state index in [0.29, 0.717) is 12.2 Å². The maximum atomic E-state index is 13.1. The molecule has 0 aliphatic rings. The van der Waals surface area contributed by atoms with Crippen LogP contribution in [0.3, 0.4) is 0 Å². The molecule has 0 amide bonds. The zero-order valence-electron chi connectivity index (χ0n) is 14.5. The highest BCUT2D eigenvalue weighted by Gasteiger charge is 2.27. The Balaban J connectivity index is 2.40. The van der Waals surface area contributed by atoms with Crippen LogP contribution in [0.2, 0.25) is 0 Å². The first-order valence-corrected chi connectivity index (χ1v) is 9.31. The number of nitrogens with zero attached hydrogens (tertiary/aromatic N) is 3. The van der Waals surface area contributed by atoms with Gasteiger partial charge in [-0.05, 0) is 38.4 Å². The maximum absolute atomic E-state index is 13.1. The largest absolute Gasteiger partial charge is 0.390 e. The number of anilines is 1. The summed E-state index contributed by atoms with van der Waals surface area (Å²) in [7, 11) is -0.438. The number of nitro benzene ring substituents is 1. The summed E-state index contributed by atoms with van der Waals surface area (Å²) in [5.41, 5.74) is 0.214. The van der Waals surface area contributed by atoms with Crippen molar-refractivity contribution in [2.45, 2.75) is 11.0 Å². The lowest BCUT2D eigenvalue weighted by Gasteiger charge is -2.28. The van der Waals surface area contributed by atoms with Crippen molar-refractivity contribution in [3.8, 4) is 0 Å². The summed E-state index contributed by atoms with van der Waals surface area (Å²) in [6.45, 7) is 0.153. The van der Waals surface area contributed by atoms with Crippen LogP contribution in [0.25, 0.3) is 0 Å². The third-order valence-corrected chi connectivity index (χ3v) is 5.44. The number of hydrogen-bond acceptors (Lipinski definition) is 6. The number of benzene rings is 2. The summed E-state index contributed by atoms with van der Waals surface area (Å²) in [6, 6.07) is 13.1. The van der Waals surface area contributed by atoms with Gasteiger partial charge in [-0.15, -0.1) is 0 Å². The number of sulfonamides is 1. The molecule has 0 saturated carbocycles. The standard InChI is InChI=1S/C17H21N3O5S/c1-18(2)12-16(21)13-19(14-6-4-3-5-7-14)26(24,25)17-10-8-15(9-11-17)20(22)23/h3-11,16,21H,12-13H2,1-2H3/t16-/m0/s1. The molecule has 0 spiro atoms. The zero-order chi connectivity index (χ0) is 19.3. The van der Waals surface area contributed by atoms with Crippen LogP contribution in [0, 0.1) is 10.1 Å². The van der Waals surface area contributed by atoms with Gasteiger partial charge in [0, 0.05) is 18.7 Å². The highest BCUT2D eigenvalue weighted by molar-refractivity contribution is 7.92. The van der Waals surface area contributed by atoms with Crippen molar-refractivity contribution in [1.29, 1.82) is 0 Å². The van der Waals surface area contributed by atoms with Crippen LogP contribution in [0.1, 0.15) is 0 Å². The topological polar surface area (TPSA) is 104 Å². The molecule has 140 valence electrons. The molecule has 0 aliphatic carbocycles. The first-order chi connectivity index (χ1) is 12.2. The molecule has 1 N–H and O–H groups in total. The molecule has 0 heterocycles. The van der Waals surface area contributed by atoms with Gasteiger partial charge in [0.05, 0.1) is 28.2 Å². The SMILES string of the molecule is CN(C)C[C@H](O)CN(c1ccccc1)S(=O)(=O)c1ccc([N+](=O)[O-])cc1. The highest BCUT2D eigenvalue weighted by atomic mass is 32.2. The maximum Gasteiger partial charge on any atom is 0.269 e. The number of rotatable bonds is 8. The summed E-state index contributed by atoms with van der Waals surface area (Å²) >= 11 is 0. The van der Waals surface area contributed by atoms with Gasteiger partial charge in [-0.2, -0.15) is 0 Å². The second-order valence-corrected chi connectivity index (χ2v) is 7.90. The Bertz CT molecular complexity index is 838. The van der Waals surface area contributed by atoms with Gasteiger partial charge >= 0.3 is 0 Å². The van der Waals surface area contributed by atoms with E-state index in [-0.39, 0.29) is 17.1 Å². The van der Waals surface area contributed by atoms with Crippen molar-refractivity contribution in [2.75, 3.05) is 31.5 Å². The molecule has 2 aromatic rings. The predicted octanol–water partition coefficient (Wildman–Crippen LogP) is 1.71. The van der Waals surface area contributed by atoms with Crippen LogP contribution < -0.4 is 4.31 Å². The van der Waals surface area contributed by atoms with E-state index in [2.05, 4.69) is 0 Å². The number of hydrogen-bond donors (Lipinski definition) is 1. The Hall–Kier alpha value is -2.49. The fourth-order valence-corrected chi connectivity index (χ4v) is 3.98. The molecule has 8 nitrogen and oxygen atoms in total. The number of non-ortho nitro benzene ring substituents is 1. The number of aliphatic hydroxyl groups is 1. The second-order valence-electron chi connectivity index (χ2n) is 6.04. The first kappa shape index (κ1) is 19.8. The Kier molecular flexibility index (Phi) is 6.30. The minimum absolute atomic E-state index is 0.0796. The summed E-state index contributed by atoms with van der Waals surface area (Å²) in [4.78, 5) is 11.9. The van der Waals surface area contributed by atoms with E-state index in [9.17, 15) is 23.6 Å². The molecule has 0 saturated heterocycles. The predicted molar refractivity (Wildman–Crippen MR) is 98.6 cm³/mol. The molecule has 0 radical (unpaired) electrons. The zero-order valence-corrected chi connectivity index (χ0v) is 15.3. The van der Waals surface area contributed by atoms with Gasteiger partial charge in [0.15, 0.2) is 0 Å². The number of aliphatic hydroxyl groups excluding tert-OH is 1. The van der Waals surface area contributed by atoms with Crippen LogP contribution in [0.4, 0.5) is 11.4 Å². The summed E-state index contributed by atoms with van der Waals surface area (Å²) < 4.78 is 27.2. The highest BCUT2D eigenvalue weighted by Crippen LogP contribution is 2.25. The first-order valence-electron chi connectivity index (χ1n) is 7.87. The minimum atomic E-state index is -4.00. The lowest BCUT2D eigenvalue weighted by atomic mass is 10.3. The van der Waals surface area contributed by atoms with Gasteiger partial charge in [0.2, 0.25) is 0 Å². The normalized spacial score (nSPS) is 12.8. The summed E-state index contributed by atoms with van der Waals surface area (Å²) in [5.74, 6) is 0. The van der Waals surface area contributed by atoms with E-state index >= 15 is 0 Å². The van der Waals surface area contributed by atoms with Gasteiger partial charge in [0.1, 0.15) is 0 Å². The quantitative estimate of drug-likeness (QED) is 0.553. The van der Waals surface area contributed by atoms with Gasteiger partial charge in [0.25, 0.3) is 15.7 Å². The Morgan fingerprint density at radius 2 is 1.62 bits per heavy atom. The molecular weight excluding hydrogens is 358 g/mol. The molecule has 0 aromatic heterocycles. The number of para-hydroxylation sites is 1. The Labute approximate surface area is 152 Å². The molecule has 0 bridgehead atoms. The van der Waals surface area contributed by atoms with E-state index in [4.69, 9.17) is 0 Å². The van der Waals surface area contributed by atoms with E-state index in [0.717, 1.165) is 16.4 Å². The molecule has 9 heteroatoms. The molecule has 26 heavy (non-hydrogen) atoms. The van der Waals surface area contributed by atoms with E-state index in [1.807, 2.05) is 0 Å². The lowest BCUT2D eigenvalue weighted by Crippen LogP contribution is -2.41. The smallest absolute Gasteiger partial charge is 0.269 e. The second kappa shape index (κ2) is 8.26. The third kappa shape index (κ3) is 4.78. The average Bonchev–Trinajstić information content (AvgIpc) is 2.59. The number of likely N-dealkylation sites (N-methyl/N-ethyl adjacent to an activating group) is 1. The van der Waals surface area contributed by atoms with Crippen molar-refractivity contribution in [2.24, 2.45) is 0 Å². The minimum Gasteiger partial charge on any atom is -0.390 e. The van der Waals surface area contributed by atoms with Gasteiger partial charge in [-0.25, -0.2) is 8.42 Å². The lowest BCUT2D eigenvalue weighted by molar-refractivity contribution is -0.384. The van der Waals surface area contributed by atoms with Gasteiger partial charge in [-0.3, -0.25) is 14.4 Å². The fraction of sp³-hybridized carbons (Fsp3) is 0.294. The van der Waals surface area contributed by atoms with Crippen LogP contribution in [-0.4, -0.2) is 56.6 Å². The van der Waals surface area contributed by atoms with Crippen LogP contribution in [0.15, 0.2) is 59.5 Å². The van der Waals surface area contributed by atoms with Crippen molar-refractivity contribution in [1.82, 2.24) is 4.90 Å². The number of nitro groups is 1. The Morgan fingerprint density at radius 3 is 2.12 bits per heavy atom. The van der Waals surface area contributed by atoms with Crippen molar-refractivity contribution >= 4 is 21.4 Å². The van der Waals surface area contributed by atoms with Crippen LogP contribution in [0.5, 0.6) is 0 Å². The van der Waals surface area contributed by atoms with Crippen LogP contribution >= 0.6 is 0 Å². The van der Waals surface area contributed by atoms with E-state index in [1.54, 1.807) is 49.3 Å². The molecule has 2 aromatic carbocycles. The van der Waals surface area contributed by atoms with Gasteiger partial charge in [-0.1, -0.05) is 18.2 Å². The van der Waals surface area contributed by atoms with Crippen molar-refractivity contribution < 1.29 is 18.4 Å². The Morgan fingerprint density at radius 1 is 1.04 bits per heavy atom. The van der Waals surface area contributed by atoms with E-state index < -0.39 is 21.1 Å². The fourth-order valence-electron chi connectivity index (χ4n) is 2.47. The molecular formula is C17H21N3O5S. The van der Waals surface area contributed by atoms with E-state index in [1.165, 1.54) is 12.1 Å². The molecule has 1 atom stereocenters. The van der Waals surface area contributed by atoms with Crippen LogP contribution in [-0.2, 0) is 10.0 Å². The monoisotopic (exact) mass is 379 g/mol. The molecule has 0 aliphatic heterocycles. The molecule has 2 rings (SSSR count). The summed E-state index contributed by atoms with van der Waals surface area (Å²) in [6.07, 6.45) is -0.905. The molecule has 0 unspecified atom stereocenters. The molecule has 0 fully saturated rings. The van der Waals surface area contributed by atoms with Crippen molar-refractivity contribution in [3.63, 3.8) is 0 Å². The average molecular weight is 379 g/mol. The van der Waals surface area contributed by atoms with Crippen molar-refractivity contribution in [3.05, 3.63) is 64.7 Å². The van der Waals surface area contributed by atoms with Gasteiger partial charge < -0.3 is 10.0 Å². The summed E-state index contributed by atoms with van der Waals surface area (Å²) in [5, 5.41) is 21.0.